The number of carbonyl (C=O) groups excluding carboxylic acids is 2. The Hall–Kier alpha value is -4.14. The van der Waals surface area contributed by atoms with Crippen LogP contribution in [0.3, 0.4) is 0 Å². The zero-order valence-corrected chi connectivity index (χ0v) is 25.8. The minimum atomic E-state index is -0.753. The van der Waals surface area contributed by atoms with Crippen LogP contribution in [0.2, 0.25) is 10.0 Å². The molecule has 222 valence electrons. The Morgan fingerprint density at radius 1 is 1.05 bits per heavy atom. The fourth-order valence-electron chi connectivity index (χ4n) is 4.97. The topological polar surface area (TPSA) is 67.7 Å². The number of hydrogen-bond acceptors (Lipinski definition) is 4. The van der Waals surface area contributed by atoms with Gasteiger partial charge < -0.3 is 9.64 Å². The van der Waals surface area contributed by atoms with Gasteiger partial charge in [0, 0.05) is 29.4 Å². The highest BCUT2D eigenvalue weighted by Crippen LogP contribution is 2.38. The van der Waals surface area contributed by atoms with Crippen molar-refractivity contribution >= 4 is 52.7 Å². The van der Waals surface area contributed by atoms with Crippen molar-refractivity contribution in [3.05, 3.63) is 111 Å². The van der Waals surface area contributed by atoms with E-state index in [0.717, 1.165) is 5.69 Å². The average molecular weight is 622 g/mol. The van der Waals surface area contributed by atoms with Gasteiger partial charge in [-0.3, -0.25) is 9.69 Å². The summed E-state index contributed by atoms with van der Waals surface area (Å²) in [7, 11) is 0. The summed E-state index contributed by atoms with van der Waals surface area (Å²) in [4.78, 5) is 30.9. The van der Waals surface area contributed by atoms with Gasteiger partial charge in [-0.2, -0.15) is 5.10 Å². The highest BCUT2D eigenvalue weighted by Gasteiger charge is 2.37. The number of aromatic nitrogens is 2. The van der Waals surface area contributed by atoms with Crippen LogP contribution in [0.4, 0.5) is 14.9 Å². The van der Waals surface area contributed by atoms with Crippen LogP contribution < -0.4 is 4.90 Å². The molecule has 0 fully saturated rings. The molecule has 7 nitrogen and oxygen atoms in total. The molecule has 0 N–H and O–H groups in total. The Kier molecular flexibility index (Phi) is 8.62. The van der Waals surface area contributed by atoms with Crippen molar-refractivity contribution in [1.82, 2.24) is 14.7 Å². The average Bonchev–Trinajstić information content (AvgIpc) is 3.34. The highest BCUT2D eigenvalue weighted by molar-refractivity contribution is 6.35. The Balaban J connectivity index is 1.76. The first-order valence-corrected chi connectivity index (χ1v) is 14.6. The standard InChI is InChI=1S/C33H31Cl2FN4O3/c1-5-38(24-9-7-6-8-10-24)31(41)29-25-17-18-39(32(42)43-33(2,3)4)28(19-21-11-14-23(36)15-12-21)30(25)40(37-29)27-16-13-22(34)20-26(27)35/h6-16,19-20H,5,17-18H2,1-4H3. The van der Waals surface area contributed by atoms with Gasteiger partial charge in [-0.25, -0.2) is 13.9 Å². The maximum Gasteiger partial charge on any atom is 0.414 e. The third kappa shape index (κ3) is 6.45. The summed E-state index contributed by atoms with van der Waals surface area (Å²) in [5.41, 5.74) is 2.91. The van der Waals surface area contributed by atoms with Crippen molar-refractivity contribution < 1.29 is 18.7 Å². The van der Waals surface area contributed by atoms with Gasteiger partial charge in [0.1, 0.15) is 11.4 Å². The second-order valence-corrected chi connectivity index (χ2v) is 11.9. The van der Waals surface area contributed by atoms with Gasteiger partial charge in [-0.05, 0) is 88.2 Å². The summed E-state index contributed by atoms with van der Waals surface area (Å²) in [6, 6.07) is 20.2. The Morgan fingerprint density at radius 3 is 2.37 bits per heavy atom. The SMILES string of the molecule is CCN(C(=O)c1nn(-c2ccc(Cl)cc2Cl)c2c1CCN(C(=O)OC(C)(C)C)C2=Cc1ccc(F)cc1)c1ccccc1. The fourth-order valence-corrected chi connectivity index (χ4v) is 5.46. The smallest absolute Gasteiger partial charge is 0.414 e. The number of anilines is 1. The fraction of sp³-hybridized carbons (Fsp3) is 0.242. The quantitative estimate of drug-likeness (QED) is 0.225. The molecule has 0 saturated heterocycles. The lowest BCUT2D eigenvalue weighted by Crippen LogP contribution is -2.40. The van der Waals surface area contributed by atoms with Gasteiger partial charge in [-0.15, -0.1) is 0 Å². The Morgan fingerprint density at radius 2 is 1.74 bits per heavy atom. The molecule has 1 aromatic heterocycles. The van der Waals surface area contributed by atoms with E-state index in [-0.39, 0.29) is 24.0 Å². The molecule has 0 bridgehead atoms. The number of rotatable bonds is 5. The molecule has 0 spiro atoms. The van der Waals surface area contributed by atoms with Gasteiger partial charge in [0.05, 0.1) is 22.1 Å². The molecule has 0 aliphatic carbocycles. The maximum atomic E-state index is 14.2. The largest absolute Gasteiger partial charge is 0.443 e. The summed E-state index contributed by atoms with van der Waals surface area (Å²) in [5.74, 6) is -0.678. The summed E-state index contributed by atoms with van der Waals surface area (Å²) in [6.07, 6.45) is 1.52. The first kappa shape index (κ1) is 30.3. The highest BCUT2D eigenvalue weighted by atomic mass is 35.5. The van der Waals surface area contributed by atoms with Crippen LogP contribution in [-0.2, 0) is 11.2 Å². The Labute approximate surface area is 260 Å². The van der Waals surface area contributed by atoms with E-state index in [0.29, 0.717) is 51.2 Å². The van der Waals surface area contributed by atoms with Crippen LogP contribution in [-0.4, -0.2) is 45.4 Å². The van der Waals surface area contributed by atoms with Crippen molar-refractivity contribution in [2.75, 3.05) is 18.0 Å². The molecule has 1 aliphatic heterocycles. The lowest BCUT2D eigenvalue weighted by Gasteiger charge is -2.33. The minimum Gasteiger partial charge on any atom is -0.443 e. The minimum absolute atomic E-state index is 0.229. The van der Waals surface area contributed by atoms with Crippen molar-refractivity contribution in [2.45, 2.75) is 39.7 Å². The van der Waals surface area contributed by atoms with Gasteiger partial charge in [0.25, 0.3) is 5.91 Å². The van der Waals surface area contributed by atoms with Crippen LogP contribution in [0.25, 0.3) is 17.5 Å². The van der Waals surface area contributed by atoms with E-state index >= 15 is 0 Å². The van der Waals surface area contributed by atoms with Gasteiger partial charge in [0.15, 0.2) is 5.69 Å². The van der Waals surface area contributed by atoms with E-state index in [9.17, 15) is 14.0 Å². The predicted molar refractivity (Wildman–Crippen MR) is 168 cm³/mol. The molecule has 1 aliphatic rings. The zero-order chi connectivity index (χ0) is 30.9. The lowest BCUT2D eigenvalue weighted by molar-refractivity contribution is 0.0351. The first-order chi connectivity index (χ1) is 20.5. The molecule has 2 amide bonds. The normalized spacial score (nSPS) is 14.0. The number of halogens is 3. The molecule has 43 heavy (non-hydrogen) atoms. The van der Waals surface area contributed by atoms with Gasteiger partial charge in [0.2, 0.25) is 0 Å². The summed E-state index contributed by atoms with van der Waals surface area (Å²) >= 11 is 12.9. The van der Waals surface area contributed by atoms with Gasteiger partial charge in [-0.1, -0.05) is 53.5 Å². The summed E-state index contributed by atoms with van der Waals surface area (Å²) in [6.45, 7) is 7.92. The Bertz CT molecular complexity index is 1700. The number of hydrogen-bond donors (Lipinski definition) is 0. The van der Waals surface area contributed by atoms with E-state index in [4.69, 9.17) is 33.0 Å². The van der Waals surface area contributed by atoms with E-state index < -0.39 is 11.7 Å². The monoisotopic (exact) mass is 620 g/mol. The first-order valence-electron chi connectivity index (χ1n) is 13.9. The van der Waals surface area contributed by atoms with Gasteiger partial charge >= 0.3 is 6.09 Å². The maximum absolute atomic E-state index is 14.2. The number of fused-ring (bicyclic) bond motifs is 1. The molecule has 0 radical (unpaired) electrons. The summed E-state index contributed by atoms with van der Waals surface area (Å²) in [5, 5.41) is 5.58. The van der Waals surface area contributed by atoms with Crippen LogP contribution >= 0.6 is 23.2 Å². The second kappa shape index (κ2) is 12.2. The lowest BCUT2D eigenvalue weighted by atomic mass is 9.98. The molecular weight excluding hydrogens is 590 g/mol. The van der Waals surface area contributed by atoms with Crippen molar-refractivity contribution in [3.8, 4) is 5.69 Å². The number of amides is 2. The van der Waals surface area contributed by atoms with E-state index in [1.165, 1.54) is 17.0 Å². The second-order valence-electron chi connectivity index (χ2n) is 11.0. The van der Waals surface area contributed by atoms with Crippen molar-refractivity contribution in [1.29, 1.82) is 0 Å². The van der Waals surface area contributed by atoms with E-state index in [1.807, 2.05) is 37.3 Å². The molecule has 3 aromatic carbocycles. The molecule has 0 unspecified atom stereocenters. The molecule has 0 saturated carbocycles. The number of para-hydroxylation sites is 1. The summed E-state index contributed by atoms with van der Waals surface area (Å²) < 4.78 is 21.2. The molecular formula is C33H31Cl2FN4O3. The zero-order valence-electron chi connectivity index (χ0n) is 24.3. The van der Waals surface area contributed by atoms with Crippen LogP contribution in [0.15, 0.2) is 72.8 Å². The molecule has 10 heteroatoms. The third-order valence-corrected chi connectivity index (χ3v) is 7.40. The van der Waals surface area contributed by atoms with Crippen LogP contribution in [0.5, 0.6) is 0 Å². The molecule has 4 aromatic rings. The number of nitrogens with zero attached hydrogens (tertiary/aromatic N) is 4. The van der Waals surface area contributed by atoms with E-state index in [2.05, 4.69) is 0 Å². The molecule has 0 atom stereocenters. The van der Waals surface area contributed by atoms with Crippen molar-refractivity contribution in [2.24, 2.45) is 0 Å². The van der Waals surface area contributed by atoms with Crippen LogP contribution in [0, 0.1) is 5.82 Å². The molecule has 5 rings (SSSR count). The predicted octanol–water partition coefficient (Wildman–Crippen LogP) is 8.28. The molecule has 2 heterocycles. The number of ether oxygens (including phenoxy) is 1. The van der Waals surface area contributed by atoms with Crippen molar-refractivity contribution in [3.63, 3.8) is 0 Å². The third-order valence-electron chi connectivity index (χ3n) is 6.86. The number of benzene rings is 3. The van der Waals surface area contributed by atoms with E-state index in [1.54, 1.807) is 66.8 Å². The number of carbonyl (C=O) groups is 2. The van der Waals surface area contributed by atoms with Crippen LogP contribution in [0.1, 0.15) is 55.0 Å².